The molecule has 0 aliphatic rings. The number of para-hydroxylation sites is 1. The number of hydrogen-bond acceptors (Lipinski definition) is 4. The van der Waals surface area contributed by atoms with Gasteiger partial charge in [-0.3, -0.25) is 9.59 Å². The van der Waals surface area contributed by atoms with Crippen LogP contribution < -0.4 is 10.1 Å². The molecular formula is C17H16ClNO4. The van der Waals surface area contributed by atoms with Crippen LogP contribution in [0.25, 0.3) is 0 Å². The van der Waals surface area contributed by atoms with Crippen LogP contribution in [0.5, 0.6) is 5.75 Å². The summed E-state index contributed by atoms with van der Waals surface area (Å²) in [5.41, 5.74) is 1.25. The second kappa shape index (κ2) is 8.19. The molecule has 1 amide bonds. The van der Waals surface area contributed by atoms with Gasteiger partial charge < -0.3 is 14.8 Å². The number of methoxy groups -OCH3 is 1. The summed E-state index contributed by atoms with van der Waals surface area (Å²) in [5.74, 6) is -0.392. The zero-order valence-corrected chi connectivity index (χ0v) is 13.3. The van der Waals surface area contributed by atoms with Crippen molar-refractivity contribution in [2.75, 3.05) is 19.0 Å². The average molecular weight is 334 g/mol. The molecule has 0 bridgehead atoms. The quantitative estimate of drug-likeness (QED) is 0.825. The number of hydrogen-bond donors (Lipinski definition) is 1. The van der Waals surface area contributed by atoms with Gasteiger partial charge in [0, 0.05) is 16.3 Å². The first-order chi connectivity index (χ1) is 11.1. The van der Waals surface area contributed by atoms with Crippen molar-refractivity contribution in [1.29, 1.82) is 0 Å². The highest BCUT2D eigenvalue weighted by molar-refractivity contribution is 6.30. The lowest BCUT2D eigenvalue weighted by Crippen LogP contribution is -2.21. The molecule has 1 N–H and O–H groups in total. The summed E-state index contributed by atoms with van der Waals surface area (Å²) in [4.78, 5) is 23.6. The number of rotatable bonds is 6. The van der Waals surface area contributed by atoms with Gasteiger partial charge in [-0.2, -0.15) is 0 Å². The Bertz CT molecular complexity index is 688. The van der Waals surface area contributed by atoms with Gasteiger partial charge in [-0.15, -0.1) is 0 Å². The molecule has 2 rings (SSSR count). The van der Waals surface area contributed by atoms with E-state index >= 15 is 0 Å². The number of carbonyl (C=O) groups excluding carboxylic acids is 2. The Labute approximate surface area is 139 Å². The molecule has 0 spiro atoms. The number of esters is 1. The number of amides is 1. The van der Waals surface area contributed by atoms with Crippen LogP contribution in [-0.4, -0.2) is 25.6 Å². The zero-order chi connectivity index (χ0) is 16.7. The lowest BCUT2D eigenvalue weighted by Gasteiger charge is -2.09. The molecule has 120 valence electrons. The first-order valence-corrected chi connectivity index (χ1v) is 7.29. The topological polar surface area (TPSA) is 64.6 Å². The molecule has 0 aliphatic carbocycles. The Morgan fingerprint density at radius 3 is 2.57 bits per heavy atom. The molecule has 0 saturated heterocycles. The maximum atomic E-state index is 11.8. The summed E-state index contributed by atoms with van der Waals surface area (Å²) < 4.78 is 10.1. The normalized spacial score (nSPS) is 10.0. The van der Waals surface area contributed by atoms with Crippen molar-refractivity contribution in [3.05, 3.63) is 59.1 Å². The van der Waals surface area contributed by atoms with E-state index in [1.54, 1.807) is 42.5 Å². The largest absolute Gasteiger partial charge is 0.496 e. The van der Waals surface area contributed by atoms with Crippen LogP contribution in [-0.2, 0) is 20.7 Å². The molecule has 0 atom stereocenters. The van der Waals surface area contributed by atoms with E-state index in [-0.39, 0.29) is 13.0 Å². The van der Waals surface area contributed by atoms with Crippen LogP contribution in [0.4, 0.5) is 5.69 Å². The van der Waals surface area contributed by atoms with Crippen molar-refractivity contribution in [2.45, 2.75) is 6.42 Å². The molecule has 0 unspecified atom stereocenters. The fourth-order valence-electron chi connectivity index (χ4n) is 1.96. The van der Waals surface area contributed by atoms with E-state index in [0.717, 1.165) is 0 Å². The first kappa shape index (κ1) is 16.8. The van der Waals surface area contributed by atoms with Crippen molar-refractivity contribution in [1.82, 2.24) is 0 Å². The molecule has 2 aromatic rings. The molecular weight excluding hydrogens is 318 g/mol. The predicted octanol–water partition coefficient (Wildman–Crippen LogP) is 3.07. The van der Waals surface area contributed by atoms with E-state index in [0.29, 0.717) is 22.0 Å². The third-order valence-corrected chi connectivity index (χ3v) is 3.23. The minimum absolute atomic E-state index is 0.0254. The standard InChI is InChI=1S/C17H16ClNO4/c1-22-15-8-7-13(18)9-12(15)10-17(21)23-11-16(20)19-14-5-3-2-4-6-14/h2-9H,10-11H2,1H3,(H,19,20). The van der Waals surface area contributed by atoms with Gasteiger partial charge in [-0.1, -0.05) is 29.8 Å². The van der Waals surface area contributed by atoms with E-state index in [1.807, 2.05) is 6.07 Å². The molecule has 0 heterocycles. The highest BCUT2D eigenvalue weighted by Gasteiger charge is 2.12. The van der Waals surface area contributed by atoms with E-state index < -0.39 is 11.9 Å². The van der Waals surface area contributed by atoms with Crippen LogP contribution in [0, 0.1) is 0 Å². The molecule has 0 saturated carbocycles. The summed E-state index contributed by atoms with van der Waals surface area (Å²) in [6, 6.07) is 13.9. The van der Waals surface area contributed by atoms with Crippen LogP contribution in [0.15, 0.2) is 48.5 Å². The SMILES string of the molecule is COc1ccc(Cl)cc1CC(=O)OCC(=O)Nc1ccccc1. The first-order valence-electron chi connectivity index (χ1n) is 6.91. The van der Waals surface area contributed by atoms with Gasteiger partial charge in [0.15, 0.2) is 6.61 Å². The van der Waals surface area contributed by atoms with Gasteiger partial charge in [-0.05, 0) is 30.3 Å². The van der Waals surface area contributed by atoms with Crippen LogP contribution in [0.3, 0.4) is 0 Å². The monoisotopic (exact) mass is 333 g/mol. The molecule has 2 aromatic carbocycles. The van der Waals surface area contributed by atoms with Gasteiger partial charge in [0.2, 0.25) is 0 Å². The summed E-state index contributed by atoms with van der Waals surface area (Å²) >= 11 is 5.90. The molecule has 6 heteroatoms. The third-order valence-electron chi connectivity index (χ3n) is 3.00. The number of benzene rings is 2. The average Bonchev–Trinajstić information content (AvgIpc) is 2.54. The Hall–Kier alpha value is -2.53. The maximum Gasteiger partial charge on any atom is 0.310 e. The highest BCUT2D eigenvalue weighted by Crippen LogP contribution is 2.23. The zero-order valence-electron chi connectivity index (χ0n) is 12.5. The second-order valence-corrected chi connectivity index (χ2v) is 5.14. The van der Waals surface area contributed by atoms with Gasteiger partial charge in [0.05, 0.1) is 13.5 Å². The van der Waals surface area contributed by atoms with Gasteiger partial charge in [0.25, 0.3) is 5.91 Å². The summed E-state index contributed by atoms with van der Waals surface area (Å²) in [5, 5.41) is 3.13. The molecule has 23 heavy (non-hydrogen) atoms. The number of carbonyl (C=O) groups is 2. The van der Waals surface area contributed by atoms with Crippen molar-refractivity contribution >= 4 is 29.2 Å². The third kappa shape index (κ3) is 5.30. The van der Waals surface area contributed by atoms with Gasteiger partial charge >= 0.3 is 5.97 Å². The lowest BCUT2D eigenvalue weighted by atomic mass is 10.1. The van der Waals surface area contributed by atoms with Crippen molar-refractivity contribution < 1.29 is 19.1 Å². The van der Waals surface area contributed by atoms with Crippen molar-refractivity contribution in [3.8, 4) is 5.75 Å². The van der Waals surface area contributed by atoms with Gasteiger partial charge in [0.1, 0.15) is 5.75 Å². The van der Waals surface area contributed by atoms with Crippen molar-refractivity contribution in [3.63, 3.8) is 0 Å². The Kier molecular flexibility index (Phi) is 6.00. The molecule has 0 aliphatic heterocycles. The Balaban J connectivity index is 1.85. The lowest BCUT2D eigenvalue weighted by molar-refractivity contribution is -0.146. The number of anilines is 1. The smallest absolute Gasteiger partial charge is 0.310 e. The van der Waals surface area contributed by atoms with E-state index in [1.165, 1.54) is 7.11 Å². The number of halogens is 1. The Morgan fingerprint density at radius 2 is 1.87 bits per heavy atom. The minimum atomic E-state index is -0.534. The second-order valence-electron chi connectivity index (χ2n) is 4.71. The van der Waals surface area contributed by atoms with Crippen LogP contribution in [0.2, 0.25) is 5.02 Å². The summed E-state index contributed by atoms with van der Waals surface area (Å²) in [6.45, 7) is -0.351. The van der Waals surface area contributed by atoms with Crippen LogP contribution in [0.1, 0.15) is 5.56 Å². The van der Waals surface area contributed by atoms with E-state index in [9.17, 15) is 9.59 Å². The predicted molar refractivity (Wildman–Crippen MR) is 87.7 cm³/mol. The summed E-state index contributed by atoms with van der Waals surface area (Å²) in [7, 11) is 1.51. The minimum Gasteiger partial charge on any atom is -0.496 e. The number of nitrogens with one attached hydrogen (secondary N) is 1. The van der Waals surface area contributed by atoms with Crippen LogP contribution >= 0.6 is 11.6 Å². The Morgan fingerprint density at radius 1 is 1.13 bits per heavy atom. The van der Waals surface area contributed by atoms with E-state index in [2.05, 4.69) is 5.32 Å². The fraction of sp³-hybridized carbons (Fsp3) is 0.176. The fourth-order valence-corrected chi connectivity index (χ4v) is 2.15. The van der Waals surface area contributed by atoms with Crippen molar-refractivity contribution in [2.24, 2.45) is 0 Å². The summed E-state index contributed by atoms with van der Waals surface area (Å²) in [6.07, 6.45) is -0.0254. The molecule has 5 nitrogen and oxygen atoms in total. The van der Waals surface area contributed by atoms with Gasteiger partial charge in [-0.25, -0.2) is 0 Å². The molecule has 0 radical (unpaired) electrons. The number of ether oxygens (including phenoxy) is 2. The highest BCUT2D eigenvalue weighted by atomic mass is 35.5. The molecule has 0 aromatic heterocycles. The van der Waals surface area contributed by atoms with E-state index in [4.69, 9.17) is 21.1 Å². The molecule has 0 fully saturated rings. The maximum absolute atomic E-state index is 11.8.